The van der Waals surface area contributed by atoms with Crippen molar-refractivity contribution in [1.29, 1.82) is 0 Å². The summed E-state index contributed by atoms with van der Waals surface area (Å²) in [5, 5.41) is 2.97. The van der Waals surface area contributed by atoms with Crippen LogP contribution in [0.1, 0.15) is 35.4 Å². The summed E-state index contributed by atoms with van der Waals surface area (Å²) in [7, 11) is 0. The number of hydrogen-bond acceptors (Lipinski definition) is 4. The Balaban J connectivity index is 1.28. The van der Waals surface area contributed by atoms with Gasteiger partial charge in [-0.25, -0.2) is 4.98 Å². The van der Waals surface area contributed by atoms with Crippen molar-refractivity contribution in [3.05, 3.63) is 89.2 Å². The third kappa shape index (κ3) is 6.66. The maximum atomic E-state index is 12.4. The van der Waals surface area contributed by atoms with Crippen molar-refractivity contribution in [2.24, 2.45) is 0 Å². The highest BCUT2D eigenvalue weighted by atomic mass is 16.5. The third-order valence-electron chi connectivity index (χ3n) is 6.23. The second-order valence-electron chi connectivity index (χ2n) is 9.15. The lowest BCUT2D eigenvalue weighted by molar-refractivity contribution is -0.123. The van der Waals surface area contributed by atoms with Gasteiger partial charge >= 0.3 is 0 Å². The van der Waals surface area contributed by atoms with Gasteiger partial charge in [0.25, 0.3) is 5.91 Å². The van der Waals surface area contributed by atoms with E-state index in [9.17, 15) is 4.79 Å². The summed E-state index contributed by atoms with van der Waals surface area (Å²) >= 11 is 0. The lowest BCUT2D eigenvalue weighted by Gasteiger charge is -2.12. The van der Waals surface area contributed by atoms with E-state index in [1.54, 1.807) is 0 Å². The van der Waals surface area contributed by atoms with Gasteiger partial charge in [-0.3, -0.25) is 4.79 Å². The fourth-order valence-corrected chi connectivity index (χ4v) is 4.21. The largest absolute Gasteiger partial charge is 0.493 e. The molecule has 1 aromatic heterocycles. The fourth-order valence-electron chi connectivity index (χ4n) is 4.21. The monoisotopic (exact) mass is 485 g/mol. The molecule has 1 heterocycles. The number of fused-ring (bicyclic) bond motifs is 1. The highest BCUT2D eigenvalue weighted by molar-refractivity contribution is 5.78. The number of ether oxygens (including phenoxy) is 2. The molecule has 0 aliphatic carbocycles. The maximum absolute atomic E-state index is 12.4. The van der Waals surface area contributed by atoms with E-state index >= 15 is 0 Å². The van der Waals surface area contributed by atoms with Crippen molar-refractivity contribution in [2.45, 2.75) is 46.6 Å². The number of hydrogen-bond donors (Lipinski definition) is 1. The maximum Gasteiger partial charge on any atom is 0.257 e. The molecular weight excluding hydrogens is 450 g/mol. The Morgan fingerprint density at radius 2 is 1.67 bits per heavy atom. The SMILES string of the molecule is Cc1ccc(C)c(OCC(=O)NCCc2nc3ccccc3n2CCCCOc2ccccc2C)c1. The van der Waals surface area contributed by atoms with E-state index < -0.39 is 0 Å². The molecule has 0 spiro atoms. The summed E-state index contributed by atoms with van der Waals surface area (Å²) in [6.45, 7) is 8.10. The summed E-state index contributed by atoms with van der Waals surface area (Å²) in [6, 6.07) is 22.3. The average Bonchev–Trinajstić information content (AvgIpc) is 3.22. The van der Waals surface area contributed by atoms with E-state index in [0.717, 1.165) is 64.4 Å². The molecule has 0 bridgehead atoms. The van der Waals surface area contributed by atoms with Crippen LogP contribution in [-0.2, 0) is 17.8 Å². The second-order valence-corrected chi connectivity index (χ2v) is 9.15. The fraction of sp³-hybridized carbons (Fsp3) is 0.333. The van der Waals surface area contributed by atoms with Gasteiger partial charge in [-0.1, -0.05) is 42.5 Å². The Hall–Kier alpha value is -3.80. The Kier molecular flexibility index (Phi) is 8.61. The van der Waals surface area contributed by atoms with Crippen LogP contribution >= 0.6 is 0 Å². The van der Waals surface area contributed by atoms with Crippen molar-refractivity contribution in [1.82, 2.24) is 14.9 Å². The number of nitrogens with zero attached hydrogens (tertiary/aromatic N) is 2. The number of carbonyl (C=O) groups excluding carboxylic acids is 1. The van der Waals surface area contributed by atoms with Gasteiger partial charge in [0.1, 0.15) is 17.3 Å². The molecule has 3 aromatic carbocycles. The zero-order chi connectivity index (χ0) is 25.3. The number of carbonyl (C=O) groups is 1. The summed E-state index contributed by atoms with van der Waals surface area (Å²) in [6.07, 6.45) is 2.59. The second kappa shape index (κ2) is 12.2. The molecule has 6 heteroatoms. The topological polar surface area (TPSA) is 65.4 Å². The Labute approximate surface area is 213 Å². The molecule has 1 amide bonds. The molecular formula is C30H35N3O3. The number of aryl methyl sites for hydroxylation is 4. The zero-order valence-corrected chi connectivity index (χ0v) is 21.4. The van der Waals surface area contributed by atoms with Gasteiger partial charge in [-0.05, 0) is 74.6 Å². The van der Waals surface area contributed by atoms with Crippen LogP contribution in [0.4, 0.5) is 0 Å². The number of rotatable bonds is 12. The van der Waals surface area contributed by atoms with Crippen LogP contribution in [0.15, 0.2) is 66.7 Å². The van der Waals surface area contributed by atoms with Crippen LogP contribution in [0.25, 0.3) is 11.0 Å². The quantitative estimate of drug-likeness (QED) is 0.267. The van der Waals surface area contributed by atoms with Crippen LogP contribution in [0.3, 0.4) is 0 Å². The van der Waals surface area contributed by atoms with Crippen molar-refractivity contribution < 1.29 is 14.3 Å². The molecule has 188 valence electrons. The molecule has 0 atom stereocenters. The highest BCUT2D eigenvalue weighted by Gasteiger charge is 2.11. The van der Waals surface area contributed by atoms with Crippen molar-refractivity contribution in [3.8, 4) is 11.5 Å². The minimum absolute atomic E-state index is 0.00159. The van der Waals surface area contributed by atoms with Gasteiger partial charge in [-0.2, -0.15) is 0 Å². The number of unbranched alkanes of at least 4 members (excludes halogenated alkanes) is 1. The first-order valence-electron chi connectivity index (χ1n) is 12.6. The Morgan fingerprint density at radius 1 is 0.889 bits per heavy atom. The lowest BCUT2D eigenvalue weighted by Crippen LogP contribution is -2.31. The molecule has 4 aromatic rings. The van der Waals surface area contributed by atoms with E-state index in [-0.39, 0.29) is 12.5 Å². The van der Waals surface area contributed by atoms with Crippen LogP contribution in [0.5, 0.6) is 11.5 Å². The van der Waals surface area contributed by atoms with Crippen LogP contribution in [0.2, 0.25) is 0 Å². The van der Waals surface area contributed by atoms with Crippen LogP contribution < -0.4 is 14.8 Å². The predicted octanol–water partition coefficient (Wildman–Crippen LogP) is 5.56. The first kappa shape index (κ1) is 25.3. The zero-order valence-electron chi connectivity index (χ0n) is 21.4. The standard InChI is InChI=1S/C30H35N3O3/c1-22-14-15-24(3)28(20-22)36-21-30(34)31-17-16-29-32-25-11-5-6-12-26(25)33(29)18-8-9-19-35-27-13-7-4-10-23(27)2/h4-7,10-15,20H,8-9,16-19,21H2,1-3H3,(H,31,34). The minimum Gasteiger partial charge on any atom is -0.493 e. The number of imidazole rings is 1. The lowest BCUT2D eigenvalue weighted by atomic mass is 10.1. The minimum atomic E-state index is -0.132. The van der Waals surface area contributed by atoms with Crippen molar-refractivity contribution >= 4 is 16.9 Å². The highest BCUT2D eigenvalue weighted by Crippen LogP contribution is 2.20. The van der Waals surface area contributed by atoms with Crippen molar-refractivity contribution in [2.75, 3.05) is 19.8 Å². The molecule has 36 heavy (non-hydrogen) atoms. The molecule has 0 radical (unpaired) electrons. The van der Waals surface area contributed by atoms with E-state index in [0.29, 0.717) is 19.6 Å². The number of aromatic nitrogens is 2. The molecule has 0 unspecified atom stereocenters. The smallest absolute Gasteiger partial charge is 0.257 e. The molecule has 0 saturated carbocycles. The normalized spacial score (nSPS) is 11.0. The molecule has 0 aliphatic heterocycles. The first-order valence-corrected chi connectivity index (χ1v) is 12.6. The van der Waals surface area contributed by atoms with Gasteiger partial charge in [0.2, 0.25) is 0 Å². The first-order chi connectivity index (χ1) is 17.5. The number of para-hydroxylation sites is 3. The average molecular weight is 486 g/mol. The molecule has 6 nitrogen and oxygen atoms in total. The summed E-state index contributed by atoms with van der Waals surface area (Å²) < 4.78 is 13.9. The van der Waals surface area contributed by atoms with E-state index in [1.165, 1.54) is 0 Å². The molecule has 1 N–H and O–H groups in total. The van der Waals surface area contributed by atoms with E-state index in [2.05, 4.69) is 28.9 Å². The molecule has 0 saturated heterocycles. The van der Waals surface area contributed by atoms with Gasteiger partial charge in [0, 0.05) is 19.5 Å². The Morgan fingerprint density at radius 3 is 2.53 bits per heavy atom. The van der Waals surface area contributed by atoms with Gasteiger partial charge < -0.3 is 19.4 Å². The van der Waals surface area contributed by atoms with Crippen molar-refractivity contribution in [3.63, 3.8) is 0 Å². The van der Waals surface area contributed by atoms with Crippen LogP contribution in [-0.4, -0.2) is 35.2 Å². The van der Waals surface area contributed by atoms with Gasteiger partial charge in [-0.15, -0.1) is 0 Å². The van der Waals surface area contributed by atoms with Gasteiger partial charge in [0.15, 0.2) is 6.61 Å². The predicted molar refractivity (Wildman–Crippen MR) is 144 cm³/mol. The number of nitrogens with one attached hydrogen (secondary N) is 1. The molecule has 4 rings (SSSR count). The number of amides is 1. The van der Waals surface area contributed by atoms with E-state index in [1.807, 2.05) is 68.4 Å². The van der Waals surface area contributed by atoms with Gasteiger partial charge in [0.05, 0.1) is 17.6 Å². The summed E-state index contributed by atoms with van der Waals surface area (Å²) in [5.41, 5.74) is 5.38. The van der Waals surface area contributed by atoms with E-state index in [4.69, 9.17) is 14.5 Å². The number of benzene rings is 3. The Bertz CT molecular complexity index is 1310. The third-order valence-corrected chi connectivity index (χ3v) is 6.23. The molecule has 0 aliphatic rings. The van der Waals surface area contributed by atoms with Crippen LogP contribution in [0, 0.1) is 20.8 Å². The molecule has 0 fully saturated rings. The summed E-state index contributed by atoms with van der Waals surface area (Å²) in [4.78, 5) is 17.2. The summed E-state index contributed by atoms with van der Waals surface area (Å²) in [5.74, 6) is 2.54.